The highest BCUT2D eigenvalue weighted by atomic mass is 16.5. The van der Waals surface area contributed by atoms with E-state index in [0.717, 1.165) is 24.2 Å². The van der Waals surface area contributed by atoms with Gasteiger partial charge in [-0.05, 0) is 74.7 Å². The molecule has 0 radical (unpaired) electrons. The number of esters is 1. The molecule has 0 spiro atoms. The zero-order valence-corrected chi connectivity index (χ0v) is 16.2. The Morgan fingerprint density at radius 3 is 2.36 bits per heavy atom. The van der Waals surface area contributed by atoms with Gasteiger partial charge in [-0.3, -0.25) is 0 Å². The van der Waals surface area contributed by atoms with Crippen LogP contribution < -0.4 is 5.73 Å². The third-order valence-electron chi connectivity index (χ3n) is 7.19. The van der Waals surface area contributed by atoms with Crippen LogP contribution in [0.25, 0.3) is 0 Å². The number of hydrogen-bond acceptors (Lipinski definition) is 5. The second-order valence-electron chi connectivity index (χ2n) is 9.35. The number of rotatable bonds is 6. The van der Waals surface area contributed by atoms with Gasteiger partial charge in [-0.15, -0.1) is 0 Å². The van der Waals surface area contributed by atoms with Crippen LogP contribution in [0.4, 0.5) is 5.88 Å². The van der Waals surface area contributed by atoms with Crippen LogP contribution in [-0.4, -0.2) is 17.7 Å². The first-order valence-electron chi connectivity index (χ1n) is 10.6. The molecule has 0 saturated heterocycles. The third kappa shape index (κ3) is 3.31. The van der Waals surface area contributed by atoms with Crippen LogP contribution in [0.2, 0.25) is 0 Å². The minimum Gasteiger partial charge on any atom is -0.460 e. The van der Waals surface area contributed by atoms with Gasteiger partial charge in [0, 0.05) is 5.41 Å². The maximum Gasteiger partial charge on any atom is 0.360 e. The van der Waals surface area contributed by atoms with Gasteiger partial charge < -0.3 is 15.0 Å². The van der Waals surface area contributed by atoms with E-state index in [0.29, 0.717) is 18.6 Å². The average molecular weight is 380 g/mol. The van der Waals surface area contributed by atoms with E-state index in [2.05, 4.69) is 17.3 Å². The van der Waals surface area contributed by atoms with Crippen LogP contribution in [0.1, 0.15) is 60.1 Å². The Hall–Kier alpha value is -2.30. The van der Waals surface area contributed by atoms with Crippen LogP contribution >= 0.6 is 0 Å². The third-order valence-corrected chi connectivity index (χ3v) is 7.19. The number of aromatic nitrogens is 1. The number of aryl methyl sites for hydroxylation is 1. The number of nitrogen functional groups attached to an aromatic ring is 1. The maximum atomic E-state index is 12.8. The van der Waals surface area contributed by atoms with Crippen LogP contribution in [0.5, 0.6) is 0 Å². The first-order valence-corrected chi connectivity index (χ1v) is 10.6. The Kier molecular flexibility index (Phi) is 4.41. The smallest absolute Gasteiger partial charge is 0.360 e. The summed E-state index contributed by atoms with van der Waals surface area (Å²) in [5, 5.41) is 3.92. The number of carbonyl (C=O) groups excluding carboxylic acids is 1. The molecule has 4 fully saturated rings. The number of anilines is 1. The molecule has 1 aromatic heterocycles. The normalized spacial score (nSPS) is 30.5. The molecule has 6 rings (SSSR count). The van der Waals surface area contributed by atoms with Crippen molar-refractivity contribution in [3.05, 3.63) is 47.2 Å². The fourth-order valence-electron chi connectivity index (χ4n) is 6.39. The predicted octanol–water partition coefficient (Wildman–Crippen LogP) is 4.42. The number of benzene rings is 1. The summed E-state index contributed by atoms with van der Waals surface area (Å²) in [5.41, 5.74) is 8.25. The molecule has 0 unspecified atom stereocenters. The zero-order chi connectivity index (χ0) is 19.1. The molecule has 0 amide bonds. The Labute approximate surface area is 165 Å². The standard InChI is InChI=1S/C23H28N2O3/c24-21-19(7-6-15-4-2-1-3-5-15)20(25-28-21)22(26)27-14-23-11-16-8-17(12-23)10-18(9-16)13-23/h1-5,16-18H,6-14,24H2. The lowest BCUT2D eigenvalue weighted by Gasteiger charge is -2.56. The van der Waals surface area contributed by atoms with Crippen molar-refractivity contribution in [3.63, 3.8) is 0 Å². The van der Waals surface area contributed by atoms with E-state index >= 15 is 0 Å². The van der Waals surface area contributed by atoms with Crippen molar-refractivity contribution in [2.45, 2.75) is 51.4 Å². The summed E-state index contributed by atoms with van der Waals surface area (Å²) in [7, 11) is 0. The molecule has 0 aliphatic heterocycles. The van der Waals surface area contributed by atoms with Crippen LogP contribution in [0, 0.1) is 23.2 Å². The van der Waals surface area contributed by atoms with Gasteiger partial charge in [0.2, 0.25) is 5.88 Å². The van der Waals surface area contributed by atoms with Gasteiger partial charge in [0.25, 0.3) is 0 Å². The lowest BCUT2D eigenvalue weighted by atomic mass is 9.50. The monoisotopic (exact) mass is 380 g/mol. The molecule has 2 aromatic rings. The summed E-state index contributed by atoms with van der Waals surface area (Å²) in [6, 6.07) is 10.1. The second-order valence-corrected chi connectivity index (χ2v) is 9.35. The van der Waals surface area contributed by atoms with Gasteiger partial charge in [-0.1, -0.05) is 35.5 Å². The minimum atomic E-state index is -0.390. The quantitative estimate of drug-likeness (QED) is 0.751. The molecule has 28 heavy (non-hydrogen) atoms. The molecule has 4 bridgehead atoms. The van der Waals surface area contributed by atoms with Gasteiger partial charge in [-0.2, -0.15) is 0 Å². The lowest BCUT2D eigenvalue weighted by molar-refractivity contribution is -0.0850. The fraction of sp³-hybridized carbons (Fsp3) is 0.565. The lowest BCUT2D eigenvalue weighted by Crippen LogP contribution is -2.48. The summed E-state index contributed by atoms with van der Waals surface area (Å²) in [4.78, 5) is 12.8. The largest absolute Gasteiger partial charge is 0.460 e. The second kappa shape index (κ2) is 6.94. The predicted molar refractivity (Wildman–Crippen MR) is 106 cm³/mol. The van der Waals surface area contributed by atoms with Crippen molar-refractivity contribution in [1.82, 2.24) is 5.16 Å². The molecule has 4 aliphatic rings. The van der Waals surface area contributed by atoms with E-state index in [1.165, 1.54) is 44.1 Å². The molecule has 2 N–H and O–H groups in total. The summed E-state index contributed by atoms with van der Waals surface area (Å²) in [5.74, 6) is 2.36. The maximum absolute atomic E-state index is 12.8. The molecule has 4 aliphatic carbocycles. The minimum absolute atomic E-state index is 0.198. The molecule has 4 saturated carbocycles. The number of nitrogens with zero attached hydrogens (tertiary/aromatic N) is 1. The Bertz CT molecular complexity index is 823. The van der Waals surface area contributed by atoms with Crippen LogP contribution in [0.15, 0.2) is 34.9 Å². The van der Waals surface area contributed by atoms with E-state index in [9.17, 15) is 4.79 Å². The first kappa shape index (κ1) is 17.8. The van der Waals surface area contributed by atoms with Crippen molar-refractivity contribution in [1.29, 1.82) is 0 Å². The van der Waals surface area contributed by atoms with Crippen molar-refractivity contribution in [3.8, 4) is 0 Å². The highest BCUT2D eigenvalue weighted by Gasteiger charge is 2.51. The molecular formula is C23H28N2O3. The number of nitrogens with two attached hydrogens (primary N) is 1. The van der Waals surface area contributed by atoms with Crippen LogP contribution in [-0.2, 0) is 17.6 Å². The first-order chi connectivity index (χ1) is 13.6. The molecule has 148 valence electrons. The van der Waals surface area contributed by atoms with Crippen LogP contribution in [0.3, 0.4) is 0 Å². The van der Waals surface area contributed by atoms with Crippen molar-refractivity contribution in [2.24, 2.45) is 23.2 Å². The topological polar surface area (TPSA) is 78.4 Å². The molecular weight excluding hydrogens is 352 g/mol. The van der Waals surface area contributed by atoms with Crippen molar-refractivity contribution < 1.29 is 14.1 Å². The van der Waals surface area contributed by atoms with Crippen molar-refractivity contribution >= 4 is 11.9 Å². The molecule has 0 atom stereocenters. The van der Waals surface area contributed by atoms with E-state index < -0.39 is 0 Å². The van der Waals surface area contributed by atoms with Crippen molar-refractivity contribution in [2.75, 3.05) is 12.3 Å². The summed E-state index contributed by atoms with van der Waals surface area (Å²) in [6.07, 6.45) is 9.20. The number of ether oxygens (including phenoxy) is 1. The molecule has 5 nitrogen and oxygen atoms in total. The fourth-order valence-corrected chi connectivity index (χ4v) is 6.39. The Balaban J connectivity index is 1.25. The van der Waals surface area contributed by atoms with Gasteiger partial charge in [-0.25, -0.2) is 4.79 Å². The molecule has 5 heteroatoms. The van der Waals surface area contributed by atoms with E-state index in [1.807, 2.05) is 18.2 Å². The molecule has 1 heterocycles. The number of hydrogen-bond donors (Lipinski definition) is 1. The SMILES string of the molecule is Nc1onc(C(=O)OCC23CC4CC(CC(C4)C2)C3)c1CCc1ccccc1. The number of carbonyl (C=O) groups is 1. The van der Waals surface area contributed by atoms with E-state index in [-0.39, 0.29) is 23.0 Å². The van der Waals surface area contributed by atoms with Gasteiger partial charge in [0.15, 0.2) is 5.69 Å². The van der Waals surface area contributed by atoms with Gasteiger partial charge >= 0.3 is 5.97 Å². The Morgan fingerprint density at radius 2 is 1.71 bits per heavy atom. The average Bonchev–Trinajstić information content (AvgIpc) is 3.05. The van der Waals surface area contributed by atoms with E-state index in [4.69, 9.17) is 15.0 Å². The highest BCUT2D eigenvalue weighted by molar-refractivity contribution is 5.90. The summed E-state index contributed by atoms with van der Waals surface area (Å²) >= 11 is 0. The van der Waals surface area contributed by atoms with E-state index in [1.54, 1.807) is 0 Å². The Morgan fingerprint density at radius 1 is 1.07 bits per heavy atom. The summed E-state index contributed by atoms with van der Waals surface area (Å²) in [6.45, 7) is 0.514. The van der Waals surface area contributed by atoms with Gasteiger partial charge in [0.05, 0.1) is 12.2 Å². The zero-order valence-electron chi connectivity index (χ0n) is 16.2. The molecule has 1 aromatic carbocycles. The summed E-state index contributed by atoms with van der Waals surface area (Å²) < 4.78 is 10.9. The highest BCUT2D eigenvalue weighted by Crippen LogP contribution is 2.60. The van der Waals surface area contributed by atoms with Gasteiger partial charge in [0.1, 0.15) is 0 Å².